The molecular formula is C27H46O4S2Si. The Balaban J connectivity index is 1.80. The Kier molecular flexibility index (Phi) is 12.6. The van der Waals surface area contributed by atoms with Gasteiger partial charge in [-0.2, -0.15) is 0 Å². The monoisotopic (exact) mass is 526 g/mol. The summed E-state index contributed by atoms with van der Waals surface area (Å²) in [4.78, 5) is 0. The fourth-order valence-electron chi connectivity index (χ4n) is 3.63. The molecule has 1 aromatic carbocycles. The number of methoxy groups -OCH3 is 1. The molecule has 1 aliphatic heterocycles. The van der Waals surface area contributed by atoms with E-state index in [9.17, 15) is 5.11 Å². The fraction of sp³-hybridized carbons (Fsp3) is 0.704. The molecule has 1 fully saturated rings. The van der Waals surface area contributed by atoms with Gasteiger partial charge in [-0.15, -0.1) is 23.5 Å². The molecule has 194 valence electrons. The lowest BCUT2D eigenvalue weighted by atomic mass is 10.0. The van der Waals surface area contributed by atoms with Gasteiger partial charge in [-0.05, 0) is 79.4 Å². The molecule has 0 bridgehead atoms. The number of hydrogen-bond donors (Lipinski definition) is 1. The molecule has 0 unspecified atom stereocenters. The second kappa shape index (κ2) is 14.3. The summed E-state index contributed by atoms with van der Waals surface area (Å²) in [6, 6.07) is 7.87. The standard InChI is InChI=1S/C27H46O4S2Si/c1-21(17-23(28)13-14-30-20-22-9-11-24(29-5)12-10-22)18-25(19-26-32-15-8-16-33-26)31-34(6,7)27(2,3)4/h9-12,23,25-26,28H,1,8,13-20H2,2-7H3/t23-,25+/m1/s1. The molecule has 1 heterocycles. The third kappa shape index (κ3) is 10.7. The van der Waals surface area contributed by atoms with Crippen molar-refractivity contribution in [2.45, 2.75) is 94.4 Å². The Morgan fingerprint density at radius 3 is 2.38 bits per heavy atom. The van der Waals surface area contributed by atoms with Gasteiger partial charge >= 0.3 is 0 Å². The van der Waals surface area contributed by atoms with Crippen LogP contribution >= 0.6 is 23.5 Å². The molecule has 2 rings (SSSR count). The van der Waals surface area contributed by atoms with Crippen molar-refractivity contribution in [3.8, 4) is 5.75 Å². The maximum absolute atomic E-state index is 10.6. The zero-order valence-corrected chi connectivity index (χ0v) is 24.7. The maximum atomic E-state index is 10.6. The summed E-state index contributed by atoms with van der Waals surface area (Å²) in [7, 11) is -0.210. The molecule has 1 aliphatic rings. The number of rotatable bonds is 14. The van der Waals surface area contributed by atoms with E-state index in [2.05, 4.69) is 64.0 Å². The van der Waals surface area contributed by atoms with Gasteiger partial charge in [0.05, 0.1) is 30.5 Å². The van der Waals surface area contributed by atoms with Crippen LogP contribution in [0.1, 0.15) is 58.4 Å². The fourth-order valence-corrected chi connectivity index (χ4v) is 7.99. The van der Waals surface area contributed by atoms with E-state index in [4.69, 9.17) is 13.9 Å². The van der Waals surface area contributed by atoms with E-state index < -0.39 is 14.4 Å². The molecule has 0 saturated carbocycles. The molecule has 4 nitrogen and oxygen atoms in total. The summed E-state index contributed by atoms with van der Waals surface area (Å²) in [5.41, 5.74) is 2.18. The van der Waals surface area contributed by atoms with Gasteiger partial charge in [0.1, 0.15) is 5.75 Å². The van der Waals surface area contributed by atoms with Crippen molar-refractivity contribution in [3.63, 3.8) is 0 Å². The Morgan fingerprint density at radius 2 is 1.79 bits per heavy atom. The number of benzene rings is 1. The van der Waals surface area contributed by atoms with Crippen LogP contribution in [0.2, 0.25) is 18.1 Å². The van der Waals surface area contributed by atoms with Crippen molar-refractivity contribution in [1.29, 1.82) is 0 Å². The van der Waals surface area contributed by atoms with Gasteiger partial charge in [0.25, 0.3) is 0 Å². The third-order valence-corrected chi connectivity index (χ3v) is 14.2. The van der Waals surface area contributed by atoms with Crippen LogP contribution in [0, 0.1) is 0 Å². The zero-order valence-electron chi connectivity index (χ0n) is 22.1. The molecule has 7 heteroatoms. The first-order valence-electron chi connectivity index (χ1n) is 12.5. The van der Waals surface area contributed by atoms with Crippen LogP contribution in [0.5, 0.6) is 5.75 Å². The SMILES string of the molecule is C=C(C[C@H](O)CCOCc1ccc(OC)cc1)C[C@@H](CC1SCCCS1)O[Si](C)(C)C(C)(C)C. The number of aliphatic hydroxyl groups is 1. The predicted molar refractivity (Wildman–Crippen MR) is 152 cm³/mol. The minimum atomic E-state index is -1.87. The first-order chi connectivity index (χ1) is 16.0. The second-order valence-corrected chi connectivity index (χ2v) is 18.4. The van der Waals surface area contributed by atoms with Crippen molar-refractivity contribution >= 4 is 31.8 Å². The van der Waals surface area contributed by atoms with Crippen molar-refractivity contribution < 1.29 is 19.0 Å². The van der Waals surface area contributed by atoms with Gasteiger partial charge in [0.15, 0.2) is 8.32 Å². The molecule has 1 N–H and O–H groups in total. The first-order valence-corrected chi connectivity index (χ1v) is 17.5. The van der Waals surface area contributed by atoms with Gasteiger partial charge in [-0.25, -0.2) is 0 Å². The molecule has 0 amide bonds. The van der Waals surface area contributed by atoms with Gasteiger partial charge in [0, 0.05) is 6.61 Å². The number of hydrogen-bond acceptors (Lipinski definition) is 6. The summed E-state index contributed by atoms with van der Waals surface area (Å²) < 4.78 is 18.4. The lowest BCUT2D eigenvalue weighted by Crippen LogP contribution is -2.44. The Bertz CT molecular complexity index is 727. The summed E-state index contributed by atoms with van der Waals surface area (Å²) in [6.45, 7) is 16.9. The average molecular weight is 527 g/mol. The van der Waals surface area contributed by atoms with Crippen LogP contribution in [0.4, 0.5) is 0 Å². The summed E-state index contributed by atoms with van der Waals surface area (Å²) >= 11 is 4.15. The Hall–Kier alpha value is -0.443. The maximum Gasteiger partial charge on any atom is 0.192 e. The highest BCUT2D eigenvalue weighted by Gasteiger charge is 2.39. The summed E-state index contributed by atoms with van der Waals surface area (Å²) in [5.74, 6) is 3.34. The first kappa shape index (κ1) is 29.8. The van der Waals surface area contributed by atoms with E-state index in [-0.39, 0.29) is 11.1 Å². The molecule has 34 heavy (non-hydrogen) atoms. The smallest absolute Gasteiger partial charge is 0.192 e. The molecule has 1 saturated heterocycles. The van der Waals surface area contributed by atoms with Crippen LogP contribution < -0.4 is 4.74 Å². The third-order valence-electron chi connectivity index (χ3n) is 6.68. The van der Waals surface area contributed by atoms with Gasteiger partial charge in [-0.3, -0.25) is 0 Å². The van der Waals surface area contributed by atoms with E-state index in [1.54, 1.807) is 7.11 Å². The largest absolute Gasteiger partial charge is 0.497 e. The highest BCUT2D eigenvalue weighted by atomic mass is 32.2. The van der Waals surface area contributed by atoms with Gasteiger partial charge in [-0.1, -0.05) is 45.1 Å². The van der Waals surface area contributed by atoms with Crippen molar-refractivity contribution in [2.75, 3.05) is 25.2 Å². The van der Waals surface area contributed by atoms with Crippen molar-refractivity contribution in [2.24, 2.45) is 0 Å². The lowest BCUT2D eigenvalue weighted by Gasteiger charge is -2.40. The normalized spacial score (nSPS) is 17.4. The molecule has 1 aromatic rings. The van der Waals surface area contributed by atoms with Crippen LogP contribution in [0.25, 0.3) is 0 Å². The van der Waals surface area contributed by atoms with Gasteiger partial charge < -0.3 is 19.0 Å². The second-order valence-electron chi connectivity index (χ2n) is 10.8. The Morgan fingerprint density at radius 1 is 1.15 bits per heavy atom. The zero-order chi connectivity index (χ0) is 25.2. The van der Waals surface area contributed by atoms with E-state index in [0.717, 1.165) is 29.7 Å². The van der Waals surface area contributed by atoms with Crippen LogP contribution in [-0.2, 0) is 15.8 Å². The lowest BCUT2D eigenvalue weighted by molar-refractivity contribution is 0.0725. The molecule has 2 atom stereocenters. The highest BCUT2D eigenvalue weighted by Crippen LogP contribution is 2.41. The van der Waals surface area contributed by atoms with Crippen LogP contribution in [0.15, 0.2) is 36.4 Å². The molecular weight excluding hydrogens is 481 g/mol. The summed E-state index contributed by atoms with van der Waals surface area (Å²) in [5, 5.41) is 10.8. The minimum Gasteiger partial charge on any atom is -0.497 e. The highest BCUT2D eigenvalue weighted by molar-refractivity contribution is 8.17. The van der Waals surface area contributed by atoms with Crippen molar-refractivity contribution in [1.82, 2.24) is 0 Å². The molecule has 0 aliphatic carbocycles. The number of aliphatic hydroxyl groups excluding tert-OH is 1. The average Bonchev–Trinajstić information content (AvgIpc) is 2.76. The van der Waals surface area contributed by atoms with E-state index in [1.807, 2.05) is 24.3 Å². The number of thioether (sulfide) groups is 2. The Labute approximate surface area is 217 Å². The molecule has 0 aromatic heterocycles. The number of ether oxygens (including phenoxy) is 2. The quantitative estimate of drug-likeness (QED) is 0.156. The molecule has 0 spiro atoms. The van der Waals surface area contributed by atoms with E-state index in [1.165, 1.54) is 17.9 Å². The van der Waals surface area contributed by atoms with E-state index >= 15 is 0 Å². The van der Waals surface area contributed by atoms with Crippen LogP contribution in [0.3, 0.4) is 0 Å². The minimum absolute atomic E-state index is 0.176. The van der Waals surface area contributed by atoms with Crippen molar-refractivity contribution in [3.05, 3.63) is 42.0 Å². The van der Waals surface area contributed by atoms with Gasteiger partial charge in [0.2, 0.25) is 0 Å². The summed E-state index contributed by atoms with van der Waals surface area (Å²) in [6.07, 6.45) is 4.14. The van der Waals surface area contributed by atoms with E-state index in [0.29, 0.717) is 30.6 Å². The molecule has 0 radical (unpaired) electrons. The van der Waals surface area contributed by atoms with Crippen LogP contribution in [-0.4, -0.2) is 55.4 Å². The topological polar surface area (TPSA) is 47.9 Å². The predicted octanol–water partition coefficient (Wildman–Crippen LogP) is 7.28.